The Labute approximate surface area is 98.8 Å². The summed E-state index contributed by atoms with van der Waals surface area (Å²) in [6, 6.07) is 2.82. The molecule has 1 aromatic rings. The first kappa shape index (κ1) is 12.4. The Morgan fingerprint density at radius 2 is 2.27 bits per heavy atom. The maximum Gasteiger partial charge on any atom is 0.139 e. The number of nitrogen functional groups attached to an aromatic ring is 1. The molecule has 3 N–H and O–H groups in total. The van der Waals surface area contributed by atoms with E-state index in [1.165, 1.54) is 12.1 Å². The van der Waals surface area contributed by atoms with Crippen LogP contribution in [-0.4, -0.2) is 22.8 Å². The van der Waals surface area contributed by atoms with Crippen LogP contribution in [0, 0.1) is 5.82 Å². The number of rotatable bonds is 4. The van der Waals surface area contributed by atoms with Crippen molar-refractivity contribution in [2.75, 3.05) is 29.6 Å². The van der Waals surface area contributed by atoms with Crippen molar-refractivity contribution in [2.24, 2.45) is 0 Å². The summed E-state index contributed by atoms with van der Waals surface area (Å²) in [6.45, 7) is 0.508. The molecule has 0 amide bonds. The predicted molar refractivity (Wildman–Crippen MR) is 65.9 cm³/mol. The van der Waals surface area contributed by atoms with E-state index in [9.17, 15) is 8.60 Å². The summed E-state index contributed by atoms with van der Waals surface area (Å²) in [5.74, 6) is 0.140. The van der Waals surface area contributed by atoms with E-state index >= 15 is 0 Å². The van der Waals surface area contributed by atoms with Gasteiger partial charge in [-0.05, 0) is 22.0 Å². The van der Waals surface area contributed by atoms with Gasteiger partial charge in [-0.25, -0.2) is 4.39 Å². The van der Waals surface area contributed by atoms with Crippen molar-refractivity contribution in [2.45, 2.75) is 0 Å². The molecule has 0 aromatic heterocycles. The number of hydrogen-bond acceptors (Lipinski definition) is 3. The van der Waals surface area contributed by atoms with Crippen LogP contribution < -0.4 is 11.1 Å². The second-order valence-electron chi connectivity index (χ2n) is 3.06. The zero-order valence-electron chi connectivity index (χ0n) is 8.22. The van der Waals surface area contributed by atoms with E-state index in [4.69, 9.17) is 5.73 Å². The highest BCUT2D eigenvalue weighted by molar-refractivity contribution is 9.10. The minimum absolute atomic E-state index is 0.338. The number of nitrogens with two attached hydrogens (primary N) is 1. The third-order valence-electron chi connectivity index (χ3n) is 1.80. The Morgan fingerprint density at radius 3 is 2.87 bits per heavy atom. The fraction of sp³-hybridized carbons (Fsp3) is 0.333. The normalized spacial score (nSPS) is 12.5. The number of benzene rings is 1. The summed E-state index contributed by atoms with van der Waals surface area (Å²) in [5, 5.41) is 2.93. The van der Waals surface area contributed by atoms with Gasteiger partial charge < -0.3 is 11.1 Å². The van der Waals surface area contributed by atoms with Gasteiger partial charge in [0.1, 0.15) is 5.82 Å². The Balaban J connectivity index is 2.69. The molecule has 0 aliphatic rings. The van der Waals surface area contributed by atoms with Crippen LogP contribution >= 0.6 is 15.9 Å². The summed E-state index contributed by atoms with van der Waals surface area (Å²) >= 11 is 3.04. The van der Waals surface area contributed by atoms with Gasteiger partial charge in [0.2, 0.25) is 0 Å². The molecule has 1 unspecified atom stereocenters. The van der Waals surface area contributed by atoms with Gasteiger partial charge in [0.15, 0.2) is 0 Å². The number of anilines is 2. The molecule has 0 fully saturated rings. The lowest BCUT2D eigenvalue weighted by molar-refractivity contribution is 0.622. The maximum absolute atomic E-state index is 13.1. The van der Waals surface area contributed by atoms with Crippen LogP contribution in [0.4, 0.5) is 15.8 Å². The molecule has 6 heteroatoms. The molecule has 15 heavy (non-hydrogen) atoms. The molecule has 0 saturated carbocycles. The van der Waals surface area contributed by atoms with Crippen molar-refractivity contribution in [3.05, 3.63) is 22.4 Å². The molecule has 0 heterocycles. The Hall–Kier alpha value is -0.620. The molecule has 0 radical (unpaired) electrons. The molecule has 1 rings (SSSR count). The lowest BCUT2D eigenvalue weighted by atomic mass is 10.2. The average Bonchev–Trinajstić information content (AvgIpc) is 2.13. The van der Waals surface area contributed by atoms with Gasteiger partial charge in [-0.2, -0.15) is 0 Å². The summed E-state index contributed by atoms with van der Waals surface area (Å²) < 4.78 is 24.3. The van der Waals surface area contributed by atoms with E-state index in [-0.39, 0.29) is 5.82 Å². The van der Waals surface area contributed by atoms with Gasteiger partial charge >= 0.3 is 0 Å². The molecule has 3 nitrogen and oxygen atoms in total. The van der Waals surface area contributed by atoms with Crippen LogP contribution in [0.15, 0.2) is 16.6 Å². The van der Waals surface area contributed by atoms with Crippen molar-refractivity contribution >= 4 is 38.1 Å². The SMILES string of the molecule is CS(=O)CCNc1cc(F)c(Br)cc1N. The van der Waals surface area contributed by atoms with Crippen LogP contribution in [-0.2, 0) is 10.8 Å². The van der Waals surface area contributed by atoms with E-state index in [2.05, 4.69) is 21.2 Å². The molecule has 84 valence electrons. The van der Waals surface area contributed by atoms with Crippen LogP contribution in [0.25, 0.3) is 0 Å². The highest BCUT2D eigenvalue weighted by atomic mass is 79.9. The monoisotopic (exact) mass is 294 g/mol. The summed E-state index contributed by atoms with van der Waals surface area (Å²) in [5.41, 5.74) is 6.66. The van der Waals surface area contributed by atoms with Crippen molar-refractivity contribution in [3.8, 4) is 0 Å². The molecular weight excluding hydrogens is 283 g/mol. The van der Waals surface area contributed by atoms with E-state index in [1.807, 2.05) is 0 Å². The topological polar surface area (TPSA) is 55.1 Å². The fourth-order valence-electron chi connectivity index (χ4n) is 1.04. The van der Waals surface area contributed by atoms with Crippen molar-refractivity contribution in [1.82, 2.24) is 0 Å². The van der Waals surface area contributed by atoms with Gasteiger partial charge in [0, 0.05) is 35.4 Å². The minimum Gasteiger partial charge on any atom is -0.397 e. The van der Waals surface area contributed by atoms with Gasteiger partial charge in [0.05, 0.1) is 15.8 Å². The van der Waals surface area contributed by atoms with Crippen LogP contribution in [0.1, 0.15) is 0 Å². The first-order valence-electron chi connectivity index (χ1n) is 4.29. The quantitative estimate of drug-likeness (QED) is 0.835. The number of nitrogens with one attached hydrogen (secondary N) is 1. The smallest absolute Gasteiger partial charge is 0.139 e. The standard InChI is InChI=1S/C9H12BrFN2OS/c1-15(14)3-2-13-9-5-7(11)6(10)4-8(9)12/h4-5,13H,2-3,12H2,1H3. The van der Waals surface area contributed by atoms with Crippen molar-refractivity contribution in [1.29, 1.82) is 0 Å². The lowest BCUT2D eigenvalue weighted by Gasteiger charge is -2.09. The number of hydrogen-bond donors (Lipinski definition) is 2. The van der Waals surface area contributed by atoms with E-state index in [0.717, 1.165) is 0 Å². The molecular formula is C9H12BrFN2OS. The van der Waals surface area contributed by atoms with Gasteiger partial charge in [-0.1, -0.05) is 0 Å². The molecule has 1 atom stereocenters. The molecule has 0 saturated heterocycles. The second-order valence-corrected chi connectivity index (χ2v) is 5.47. The fourth-order valence-corrected chi connectivity index (χ4v) is 1.80. The van der Waals surface area contributed by atoms with E-state index in [0.29, 0.717) is 28.1 Å². The first-order chi connectivity index (χ1) is 7.00. The van der Waals surface area contributed by atoms with Gasteiger partial charge in [0.25, 0.3) is 0 Å². The average molecular weight is 295 g/mol. The van der Waals surface area contributed by atoms with Gasteiger partial charge in [-0.15, -0.1) is 0 Å². The van der Waals surface area contributed by atoms with Crippen molar-refractivity contribution < 1.29 is 8.60 Å². The first-order valence-corrected chi connectivity index (χ1v) is 6.81. The zero-order valence-corrected chi connectivity index (χ0v) is 10.6. The Morgan fingerprint density at radius 1 is 1.60 bits per heavy atom. The molecule has 0 aliphatic heterocycles. The van der Waals surface area contributed by atoms with Crippen LogP contribution in [0.3, 0.4) is 0 Å². The number of halogens is 2. The predicted octanol–water partition coefficient (Wildman–Crippen LogP) is 1.96. The maximum atomic E-state index is 13.1. The lowest BCUT2D eigenvalue weighted by Crippen LogP contribution is -2.11. The van der Waals surface area contributed by atoms with E-state index < -0.39 is 10.8 Å². The second kappa shape index (κ2) is 5.46. The third kappa shape index (κ3) is 3.79. The largest absolute Gasteiger partial charge is 0.397 e. The zero-order chi connectivity index (χ0) is 11.4. The molecule has 0 aliphatic carbocycles. The molecule has 1 aromatic carbocycles. The van der Waals surface area contributed by atoms with Crippen LogP contribution in [0.2, 0.25) is 0 Å². The van der Waals surface area contributed by atoms with Crippen molar-refractivity contribution in [3.63, 3.8) is 0 Å². The summed E-state index contributed by atoms with van der Waals surface area (Å²) in [6.07, 6.45) is 1.62. The van der Waals surface area contributed by atoms with Crippen LogP contribution in [0.5, 0.6) is 0 Å². The van der Waals surface area contributed by atoms with E-state index in [1.54, 1.807) is 6.26 Å². The Bertz CT molecular complexity index is 387. The third-order valence-corrected chi connectivity index (χ3v) is 3.18. The summed E-state index contributed by atoms with van der Waals surface area (Å²) in [7, 11) is -0.862. The highest BCUT2D eigenvalue weighted by Gasteiger charge is 2.05. The summed E-state index contributed by atoms with van der Waals surface area (Å²) in [4.78, 5) is 0. The Kier molecular flexibility index (Phi) is 4.53. The highest BCUT2D eigenvalue weighted by Crippen LogP contribution is 2.26. The molecule has 0 bridgehead atoms. The van der Waals surface area contributed by atoms with Gasteiger partial charge in [-0.3, -0.25) is 4.21 Å². The molecule has 0 spiro atoms. The minimum atomic E-state index is -0.862.